The Kier molecular flexibility index (Phi) is 5.21. The van der Waals surface area contributed by atoms with Gasteiger partial charge in [0.1, 0.15) is 0 Å². The molecule has 0 radical (unpaired) electrons. The molecule has 2 fully saturated rings. The molecule has 1 amide bonds. The number of nitrogens with zero attached hydrogens (tertiary/aromatic N) is 1. The Balaban J connectivity index is 0.00000144. The fourth-order valence-electron chi connectivity index (χ4n) is 1.99. The van der Waals surface area contributed by atoms with E-state index < -0.39 is 0 Å². The number of hydrogen-bond donors (Lipinski definition) is 1. The Labute approximate surface area is 107 Å². The summed E-state index contributed by atoms with van der Waals surface area (Å²) in [6, 6.07) is -0.389. The summed E-state index contributed by atoms with van der Waals surface area (Å²) in [6.07, 6.45) is 2.61. The summed E-state index contributed by atoms with van der Waals surface area (Å²) >= 11 is 0. The third-order valence-electron chi connectivity index (χ3n) is 3.16. The first kappa shape index (κ1) is 14.3. The second-order valence-corrected chi connectivity index (χ2v) is 4.51. The molecule has 1 aliphatic heterocycles. The predicted molar refractivity (Wildman–Crippen MR) is 65.0 cm³/mol. The van der Waals surface area contributed by atoms with E-state index in [1.165, 1.54) is 20.0 Å². The van der Waals surface area contributed by atoms with Crippen LogP contribution in [0.1, 0.15) is 19.3 Å². The van der Waals surface area contributed by atoms with E-state index in [1.54, 1.807) is 0 Å². The molecule has 1 saturated carbocycles. The highest BCUT2D eigenvalue weighted by Gasteiger charge is 2.33. The molecule has 1 aliphatic carbocycles. The quantitative estimate of drug-likeness (QED) is 0.735. The molecule has 0 bridgehead atoms. The Morgan fingerprint density at radius 2 is 2.24 bits per heavy atom. The standard InChI is InChI=1S/C11H18N2O3.ClH/c1-16-10(14)6-9-11(15)13(5-4-12-9)7-8-2-3-8;/h8-9,12H,2-7H2,1H3;1H. The zero-order valence-electron chi connectivity index (χ0n) is 9.98. The van der Waals surface area contributed by atoms with Crippen molar-refractivity contribution in [1.29, 1.82) is 0 Å². The minimum Gasteiger partial charge on any atom is -0.469 e. The van der Waals surface area contributed by atoms with Crippen LogP contribution in [0.4, 0.5) is 0 Å². The molecule has 2 aliphatic rings. The van der Waals surface area contributed by atoms with Crippen LogP contribution in [0.15, 0.2) is 0 Å². The fraction of sp³-hybridized carbons (Fsp3) is 0.818. The van der Waals surface area contributed by atoms with Crippen LogP contribution in [0.5, 0.6) is 0 Å². The number of nitrogens with one attached hydrogen (secondary N) is 1. The van der Waals surface area contributed by atoms with Crippen LogP contribution in [0.2, 0.25) is 0 Å². The molecule has 1 saturated heterocycles. The summed E-state index contributed by atoms with van der Waals surface area (Å²) < 4.78 is 4.58. The molecule has 1 heterocycles. The lowest BCUT2D eigenvalue weighted by atomic mass is 10.1. The van der Waals surface area contributed by atoms with Crippen molar-refractivity contribution in [3.05, 3.63) is 0 Å². The first-order valence-electron chi connectivity index (χ1n) is 5.79. The fourth-order valence-corrected chi connectivity index (χ4v) is 1.99. The zero-order chi connectivity index (χ0) is 11.5. The van der Waals surface area contributed by atoms with Gasteiger partial charge in [0.15, 0.2) is 0 Å². The highest BCUT2D eigenvalue weighted by molar-refractivity contribution is 5.87. The second-order valence-electron chi connectivity index (χ2n) is 4.51. The lowest BCUT2D eigenvalue weighted by Crippen LogP contribution is -2.56. The van der Waals surface area contributed by atoms with Gasteiger partial charge in [0.05, 0.1) is 19.6 Å². The van der Waals surface area contributed by atoms with E-state index in [0.717, 1.165) is 19.6 Å². The van der Waals surface area contributed by atoms with E-state index >= 15 is 0 Å². The molecule has 0 spiro atoms. The minimum absolute atomic E-state index is 0. The van der Waals surface area contributed by atoms with Gasteiger partial charge in [0.2, 0.25) is 5.91 Å². The molecule has 6 heteroatoms. The number of esters is 1. The van der Waals surface area contributed by atoms with E-state index in [4.69, 9.17) is 0 Å². The second kappa shape index (κ2) is 6.21. The number of halogens is 1. The molecule has 0 aromatic heterocycles. The Morgan fingerprint density at radius 1 is 1.53 bits per heavy atom. The summed E-state index contributed by atoms with van der Waals surface area (Å²) in [5, 5.41) is 3.07. The molecular formula is C11H19ClN2O3. The molecule has 0 aromatic carbocycles. The molecule has 5 nitrogen and oxygen atoms in total. The average Bonchev–Trinajstić information content (AvgIpc) is 3.07. The van der Waals surface area contributed by atoms with Gasteiger partial charge in [-0.25, -0.2) is 0 Å². The summed E-state index contributed by atoms with van der Waals surface area (Å²) in [5.74, 6) is 0.406. The normalized spacial score (nSPS) is 24.2. The molecule has 1 unspecified atom stereocenters. The van der Waals surface area contributed by atoms with Crippen LogP contribution in [0.3, 0.4) is 0 Å². The number of methoxy groups -OCH3 is 1. The van der Waals surface area contributed by atoms with Gasteiger partial charge < -0.3 is 15.0 Å². The highest BCUT2D eigenvalue weighted by atomic mass is 35.5. The Morgan fingerprint density at radius 3 is 2.82 bits per heavy atom. The van der Waals surface area contributed by atoms with Crippen molar-refractivity contribution in [3.8, 4) is 0 Å². The maximum atomic E-state index is 12.0. The van der Waals surface area contributed by atoms with Crippen molar-refractivity contribution in [1.82, 2.24) is 10.2 Å². The summed E-state index contributed by atoms with van der Waals surface area (Å²) in [4.78, 5) is 25.0. The molecule has 0 aromatic rings. The van der Waals surface area contributed by atoms with Gasteiger partial charge in [0, 0.05) is 19.6 Å². The van der Waals surface area contributed by atoms with Crippen LogP contribution < -0.4 is 5.32 Å². The monoisotopic (exact) mass is 262 g/mol. The molecular weight excluding hydrogens is 244 g/mol. The summed E-state index contributed by atoms with van der Waals surface area (Å²) in [7, 11) is 1.34. The van der Waals surface area contributed by atoms with Gasteiger partial charge in [-0.15, -0.1) is 12.4 Å². The first-order valence-corrected chi connectivity index (χ1v) is 5.79. The summed E-state index contributed by atoms with van der Waals surface area (Å²) in [5.41, 5.74) is 0. The van der Waals surface area contributed by atoms with Crippen molar-refractivity contribution in [2.45, 2.75) is 25.3 Å². The van der Waals surface area contributed by atoms with Gasteiger partial charge in [-0.2, -0.15) is 0 Å². The lowest BCUT2D eigenvalue weighted by Gasteiger charge is -2.32. The van der Waals surface area contributed by atoms with Gasteiger partial charge in [-0.1, -0.05) is 0 Å². The van der Waals surface area contributed by atoms with E-state index in [9.17, 15) is 9.59 Å². The van der Waals surface area contributed by atoms with Crippen molar-refractivity contribution < 1.29 is 14.3 Å². The smallest absolute Gasteiger partial charge is 0.307 e. The SMILES string of the molecule is COC(=O)CC1NCCN(CC2CC2)C1=O.Cl. The van der Waals surface area contributed by atoms with E-state index in [0.29, 0.717) is 5.92 Å². The van der Waals surface area contributed by atoms with Gasteiger partial charge in [-0.3, -0.25) is 9.59 Å². The maximum absolute atomic E-state index is 12.0. The Bertz CT molecular complexity index is 294. The van der Waals surface area contributed by atoms with Crippen LogP contribution in [0.25, 0.3) is 0 Å². The van der Waals surface area contributed by atoms with Crippen molar-refractivity contribution >= 4 is 24.3 Å². The van der Waals surface area contributed by atoms with Gasteiger partial charge >= 0.3 is 5.97 Å². The number of carbonyl (C=O) groups excluding carboxylic acids is 2. The third-order valence-corrected chi connectivity index (χ3v) is 3.16. The van der Waals surface area contributed by atoms with E-state index in [1.807, 2.05) is 4.90 Å². The van der Waals surface area contributed by atoms with Crippen LogP contribution >= 0.6 is 12.4 Å². The average molecular weight is 263 g/mol. The molecule has 98 valence electrons. The van der Waals surface area contributed by atoms with Crippen molar-refractivity contribution in [3.63, 3.8) is 0 Å². The number of amides is 1. The number of ether oxygens (including phenoxy) is 1. The van der Waals surface area contributed by atoms with E-state index in [2.05, 4.69) is 10.1 Å². The zero-order valence-corrected chi connectivity index (χ0v) is 10.8. The van der Waals surface area contributed by atoms with E-state index in [-0.39, 0.29) is 36.7 Å². The number of piperazine rings is 1. The molecule has 17 heavy (non-hydrogen) atoms. The largest absolute Gasteiger partial charge is 0.469 e. The number of carbonyl (C=O) groups is 2. The summed E-state index contributed by atoms with van der Waals surface area (Å²) in [6.45, 7) is 2.38. The van der Waals surface area contributed by atoms with Crippen molar-refractivity contribution in [2.24, 2.45) is 5.92 Å². The topological polar surface area (TPSA) is 58.6 Å². The van der Waals surface area contributed by atoms with Crippen LogP contribution in [-0.4, -0.2) is 49.6 Å². The maximum Gasteiger partial charge on any atom is 0.307 e. The predicted octanol–water partition coefficient (Wildman–Crippen LogP) is 0.182. The highest BCUT2D eigenvalue weighted by Crippen LogP contribution is 2.30. The van der Waals surface area contributed by atoms with Crippen LogP contribution in [-0.2, 0) is 14.3 Å². The van der Waals surface area contributed by atoms with Crippen molar-refractivity contribution in [2.75, 3.05) is 26.7 Å². The molecule has 1 atom stereocenters. The third kappa shape index (κ3) is 3.85. The first-order chi connectivity index (χ1) is 7.70. The number of rotatable bonds is 4. The minimum atomic E-state index is -0.389. The van der Waals surface area contributed by atoms with Crippen LogP contribution in [0, 0.1) is 5.92 Å². The molecule has 1 N–H and O–H groups in total. The molecule has 2 rings (SSSR count). The number of hydrogen-bond acceptors (Lipinski definition) is 4. The lowest BCUT2D eigenvalue weighted by molar-refractivity contribution is -0.146. The van der Waals surface area contributed by atoms with Gasteiger partial charge in [0.25, 0.3) is 0 Å². The Hall–Kier alpha value is -0.810. The van der Waals surface area contributed by atoms with Gasteiger partial charge in [-0.05, 0) is 18.8 Å².